The molecule has 26 heavy (non-hydrogen) atoms. The lowest BCUT2D eigenvalue weighted by molar-refractivity contribution is 0.101. The van der Waals surface area contributed by atoms with Gasteiger partial charge in [0.05, 0.1) is 7.11 Å². The number of ether oxygens (including phenoxy) is 1. The Morgan fingerprint density at radius 2 is 1.77 bits per heavy atom. The summed E-state index contributed by atoms with van der Waals surface area (Å²) in [5, 5.41) is 6.47. The lowest BCUT2D eigenvalue weighted by atomic mass is 10.1. The summed E-state index contributed by atoms with van der Waals surface area (Å²) in [5.41, 5.74) is 2.57. The normalized spacial score (nSPS) is 10.2. The van der Waals surface area contributed by atoms with Gasteiger partial charge in [0.2, 0.25) is 0 Å². The molecule has 0 radical (unpaired) electrons. The fraction of sp³-hybridized carbons (Fsp3) is 0.150. The van der Waals surface area contributed by atoms with E-state index < -0.39 is 0 Å². The molecule has 1 aromatic heterocycles. The van der Waals surface area contributed by atoms with Gasteiger partial charge in [-0.1, -0.05) is 18.2 Å². The first-order valence-corrected chi connectivity index (χ1v) is 8.21. The lowest BCUT2D eigenvalue weighted by Gasteiger charge is -2.11. The predicted octanol–water partition coefficient (Wildman–Crippen LogP) is 4.04. The quantitative estimate of drug-likeness (QED) is 0.628. The van der Waals surface area contributed by atoms with Gasteiger partial charge in [-0.15, -0.1) is 0 Å². The second-order valence-corrected chi connectivity index (χ2v) is 5.71. The van der Waals surface area contributed by atoms with Crippen molar-refractivity contribution in [1.29, 1.82) is 0 Å². The van der Waals surface area contributed by atoms with Crippen LogP contribution < -0.4 is 15.4 Å². The third-order valence-corrected chi connectivity index (χ3v) is 3.88. The predicted molar refractivity (Wildman–Crippen MR) is 102 cm³/mol. The molecule has 6 nitrogen and oxygen atoms in total. The van der Waals surface area contributed by atoms with E-state index in [4.69, 9.17) is 4.74 Å². The fourth-order valence-corrected chi connectivity index (χ4v) is 2.49. The molecule has 3 rings (SSSR count). The van der Waals surface area contributed by atoms with Crippen LogP contribution >= 0.6 is 0 Å². The van der Waals surface area contributed by atoms with Crippen LogP contribution in [0.1, 0.15) is 22.8 Å². The van der Waals surface area contributed by atoms with Crippen LogP contribution in [0.4, 0.5) is 17.3 Å². The van der Waals surface area contributed by atoms with E-state index in [1.54, 1.807) is 26.2 Å². The zero-order valence-corrected chi connectivity index (χ0v) is 14.7. The molecule has 0 atom stereocenters. The summed E-state index contributed by atoms with van der Waals surface area (Å²) in [5.74, 6) is 2.24. The molecule has 2 N–H and O–H groups in total. The number of carbonyl (C=O) groups excluding carboxylic acids is 1. The maximum absolute atomic E-state index is 11.3. The van der Waals surface area contributed by atoms with E-state index in [1.807, 2.05) is 42.5 Å². The van der Waals surface area contributed by atoms with Crippen LogP contribution in [0.5, 0.6) is 5.75 Å². The summed E-state index contributed by atoms with van der Waals surface area (Å²) < 4.78 is 5.35. The zero-order valence-electron chi connectivity index (χ0n) is 14.7. The fourth-order valence-electron chi connectivity index (χ4n) is 2.49. The SMILES string of the molecule is COc1ccccc1CNc1cc(Nc2ccc(C(C)=O)cc2)ncn1. The summed E-state index contributed by atoms with van der Waals surface area (Å²) in [6.45, 7) is 2.14. The van der Waals surface area contributed by atoms with Crippen molar-refractivity contribution in [2.24, 2.45) is 0 Å². The summed E-state index contributed by atoms with van der Waals surface area (Å²) in [6, 6.07) is 16.9. The monoisotopic (exact) mass is 348 g/mol. The Balaban J connectivity index is 1.67. The first-order valence-electron chi connectivity index (χ1n) is 8.21. The van der Waals surface area contributed by atoms with Crippen molar-refractivity contribution >= 4 is 23.1 Å². The van der Waals surface area contributed by atoms with Gasteiger partial charge in [-0.3, -0.25) is 4.79 Å². The van der Waals surface area contributed by atoms with Crippen LogP contribution in [0.2, 0.25) is 0 Å². The van der Waals surface area contributed by atoms with Crippen molar-refractivity contribution in [2.45, 2.75) is 13.5 Å². The Labute approximate surface area is 152 Å². The van der Waals surface area contributed by atoms with Crippen molar-refractivity contribution < 1.29 is 9.53 Å². The molecule has 0 aliphatic carbocycles. The number of para-hydroxylation sites is 1. The molecule has 0 aliphatic rings. The molecule has 3 aromatic rings. The van der Waals surface area contributed by atoms with E-state index >= 15 is 0 Å². The van der Waals surface area contributed by atoms with Gasteiger partial charge in [-0.05, 0) is 37.3 Å². The molecule has 0 spiro atoms. The van der Waals surface area contributed by atoms with Crippen molar-refractivity contribution in [1.82, 2.24) is 9.97 Å². The maximum Gasteiger partial charge on any atom is 0.159 e. The van der Waals surface area contributed by atoms with Crippen molar-refractivity contribution in [3.05, 3.63) is 72.1 Å². The van der Waals surface area contributed by atoms with Crippen LogP contribution in [0, 0.1) is 0 Å². The van der Waals surface area contributed by atoms with E-state index in [-0.39, 0.29) is 5.78 Å². The molecular weight excluding hydrogens is 328 g/mol. The summed E-state index contributed by atoms with van der Waals surface area (Å²) in [4.78, 5) is 19.8. The summed E-state index contributed by atoms with van der Waals surface area (Å²) in [7, 11) is 1.66. The molecule has 0 bridgehead atoms. The number of anilines is 3. The Morgan fingerprint density at radius 1 is 1.04 bits per heavy atom. The molecule has 0 saturated carbocycles. The first kappa shape index (κ1) is 17.4. The minimum Gasteiger partial charge on any atom is -0.496 e. The molecule has 2 aromatic carbocycles. The molecular formula is C20H20N4O2. The van der Waals surface area contributed by atoms with Gasteiger partial charge in [-0.25, -0.2) is 9.97 Å². The average molecular weight is 348 g/mol. The number of hydrogen-bond acceptors (Lipinski definition) is 6. The molecule has 0 amide bonds. The number of methoxy groups -OCH3 is 1. The molecule has 0 saturated heterocycles. The van der Waals surface area contributed by atoms with E-state index in [9.17, 15) is 4.79 Å². The number of rotatable bonds is 7. The number of nitrogens with zero attached hydrogens (tertiary/aromatic N) is 2. The second kappa shape index (κ2) is 8.11. The van der Waals surface area contributed by atoms with Crippen LogP contribution in [0.25, 0.3) is 0 Å². The largest absolute Gasteiger partial charge is 0.496 e. The second-order valence-electron chi connectivity index (χ2n) is 5.71. The topological polar surface area (TPSA) is 76.1 Å². The lowest BCUT2D eigenvalue weighted by Crippen LogP contribution is -2.04. The number of ketones is 1. The smallest absolute Gasteiger partial charge is 0.159 e. The molecule has 0 unspecified atom stereocenters. The average Bonchev–Trinajstić information content (AvgIpc) is 2.67. The summed E-state index contributed by atoms with van der Waals surface area (Å²) >= 11 is 0. The van der Waals surface area contributed by atoms with E-state index in [0.717, 1.165) is 17.0 Å². The molecule has 0 fully saturated rings. The number of Topliss-reactive ketones (excluding diaryl/α,β-unsaturated/α-hetero) is 1. The molecule has 132 valence electrons. The zero-order chi connectivity index (χ0) is 18.4. The third kappa shape index (κ3) is 4.36. The van der Waals surface area contributed by atoms with E-state index in [0.29, 0.717) is 23.7 Å². The highest BCUT2D eigenvalue weighted by molar-refractivity contribution is 5.94. The van der Waals surface area contributed by atoms with Crippen LogP contribution in [0.15, 0.2) is 60.9 Å². The number of nitrogens with one attached hydrogen (secondary N) is 2. The van der Waals surface area contributed by atoms with Gasteiger partial charge in [0, 0.05) is 29.4 Å². The number of hydrogen-bond donors (Lipinski definition) is 2. The highest BCUT2D eigenvalue weighted by Gasteiger charge is 2.04. The minimum absolute atomic E-state index is 0.0430. The maximum atomic E-state index is 11.3. The van der Waals surface area contributed by atoms with Crippen LogP contribution in [-0.4, -0.2) is 22.9 Å². The van der Waals surface area contributed by atoms with Gasteiger partial charge in [-0.2, -0.15) is 0 Å². The van der Waals surface area contributed by atoms with Gasteiger partial charge < -0.3 is 15.4 Å². The highest BCUT2D eigenvalue weighted by Crippen LogP contribution is 2.20. The Kier molecular flexibility index (Phi) is 5.43. The minimum atomic E-state index is 0.0430. The van der Waals surface area contributed by atoms with Crippen LogP contribution in [-0.2, 0) is 6.54 Å². The summed E-state index contributed by atoms with van der Waals surface area (Å²) in [6.07, 6.45) is 1.50. The van der Waals surface area contributed by atoms with Gasteiger partial charge in [0.25, 0.3) is 0 Å². The number of carbonyl (C=O) groups is 1. The highest BCUT2D eigenvalue weighted by atomic mass is 16.5. The van der Waals surface area contributed by atoms with Crippen molar-refractivity contribution in [3.63, 3.8) is 0 Å². The van der Waals surface area contributed by atoms with Crippen molar-refractivity contribution in [2.75, 3.05) is 17.7 Å². The number of aromatic nitrogens is 2. The number of benzene rings is 2. The standard InChI is InChI=1S/C20H20N4O2/c1-14(25)15-7-9-17(10-8-15)24-20-11-19(22-13-23-20)21-12-16-5-3-4-6-18(16)26-2/h3-11,13H,12H2,1-2H3,(H2,21,22,23,24). The molecule has 0 aliphatic heterocycles. The van der Waals surface area contributed by atoms with Gasteiger partial charge in [0.15, 0.2) is 5.78 Å². The Morgan fingerprint density at radius 3 is 2.50 bits per heavy atom. The van der Waals surface area contributed by atoms with Crippen LogP contribution in [0.3, 0.4) is 0 Å². The molecule has 6 heteroatoms. The Bertz CT molecular complexity index is 894. The van der Waals surface area contributed by atoms with Gasteiger partial charge in [0.1, 0.15) is 23.7 Å². The third-order valence-electron chi connectivity index (χ3n) is 3.88. The van der Waals surface area contributed by atoms with E-state index in [1.165, 1.54) is 6.33 Å². The Hall–Kier alpha value is -3.41. The van der Waals surface area contributed by atoms with E-state index in [2.05, 4.69) is 20.6 Å². The molecule has 1 heterocycles. The first-order chi connectivity index (χ1) is 12.7. The van der Waals surface area contributed by atoms with Crippen molar-refractivity contribution in [3.8, 4) is 5.75 Å². The van der Waals surface area contributed by atoms with Gasteiger partial charge >= 0.3 is 0 Å².